The summed E-state index contributed by atoms with van der Waals surface area (Å²) in [5, 5.41) is 11.3. The summed E-state index contributed by atoms with van der Waals surface area (Å²) in [5.74, 6) is 0.704. The topological polar surface area (TPSA) is 46.0 Å². The molecule has 0 aliphatic carbocycles. The van der Waals surface area contributed by atoms with Crippen molar-refractivity contribution in [2.24, 2.45) is 0 Å². The second-order valence-corrected chi connectivity index (χ2v) is 4.85. The van der Waals surface area contributed by atoms with E-state index in [9.17, 15) is 5.11 Å². The zero-order chi connectivity index (χ0) is 13.4. The summed E-state index contributed by atoms with van der Waals surface area (Å²) in [7, 11) is 0. The maximum atomic E-state index is 9.69. The second-order valence-electron chi connectivity index (χ2n) is 4.03. The van der Waals surface area contributed by atoms with E-state index in [0.29, 0.717) is 26.8 Å². The zero-order valence-corrected chi connectivity index (χ0v) is 11.2. The van der Waals surface area contributed by atoms with Crippen molar-refractivity contribution in [1.82, 2.24) is 9.97 Å². The number of hydrogen-bond acceptors (Lipinski definition) is 3. The molecule has 0 atom stereocenters. The molecule has 0 aliphatic rings. The minimum absolute atomic E-state index is 0.165. The minimum atomic E-state index is 0.165. The van der Waals surface area contributed by atoms with Crippen LogP contribution in [0.4, 0.5) is 0 Å². The summed E-state index contributed by atoms with van der Waals surface area (Å²) >= 11 is 11.9. The lowest BCUT2D eigenvalue weighted by Crippen LogP contribution is -1.90. The number of aromatic nitrogens is 2. The molecule has 1 heterocycles. The number of benzene rings is 2. The van der Waals surface area contributed by atoms with Crippen molar-refractivity contribution in [2.45, 2.75) is 0 Å². The standard InChI is InChI=1S/C14H8Cl2N2O/c15-10-5-4-8(6-11(10)16)14-17-7-9-12(18-14)2-1-3-13(9)19/h1-7,19H. The van der Waals surface area contributed by atoms with Crippen LogP contribution in [0.2, 0.25) is 10.0 Å². The fourth-order valence-electron chi connectivity index (χ4n) is 1.81. The van der Waals surface area contributed by atoms with Crippen molar-refractivity contribution in [3.8, 4) is 17.1 Å². The Balaban J connectivity index is 2.17. The van der Waals surface area contributed by atoms with Gasteiger partial charge in [0, 0.05) is 11.8 Å². The van der Waals surface area contributed by atoms with Crippen molar-refractivity contribution >= 4 is 34.1 Å². The van der Waals surface area contributed by atoms with Crippen molar-refractivity contribution in [2.75, 3.05) is 0 Å². The molecule has 19 heavy (non-hydrogen) atoms. The molecular weight excluding hydrogens is 283 g/mol. The largest absolute Gasteiger partial charge is 0.507 e. The Morgan fingerprint density at radius 1 is 1.00 bits per heavy atom. The molecule has 0 bridgehead atoms. The first-order valence-corrected chi connectivity index (χ1v) is 6.31. The average molecular weight is 291 g/mol. The van der Waals surface area contributed by atoms with Crippen LogP contribution in [0.25, 0.3) is 22.3 Å². The van der Waals surface area contributed by atoms with Gasteiger partial charge in [0.1, 0.15) is 5.75 Å². The first kappa shape index (κ1) is 12.2. The number of halogens is 2. The van der Waals surface area contributed by atoms with Crippen LogP contribution in [-0.4, -0.2) is 15.1 Å². The molecule has 1 N–H and O–H groups in total. The van der Waals surface area contributed by atoms with Gasteiger partial charge in [-0.25, -0.2) is 9.97 Å². The summed E-state index contributed by atoms with van der Waals surface area (Å²) in [6.07, 6.45) is 1.59. The van der Waals surface area contributed by atoms with E-state index in [1.807, 2.05) is 6.07 Å². The monoisotopic (exact) mass is 290 g/mol. The highest BCUT2D eigenvalue weighted by atomic mass is 35.5. The smallest absolute Gasteiger partial charge is 0.159 e. The molecule has 0 saturated carbocycles. The second kappa shape index (κ2) is 4.68. The first-order chi connectivity index (χ1) is 9.15. The number of phenols is 1. The van der Waals surface area contributed by atoms with Crippen LogP contribution in [0, 0.1) is 0 Å². The molecule has 0 fully saturated rings. The molecule has 0 spiro atoms. The molecule has 3 aromatic rings. The highest BCUT2D eigenvalue weighted by Gasteiger charge is 2.07. The quantitative estimate of drug-likeness (QED) is 0.726. The summed E-state index contributed by atoms with van der Waals surface area (Å²) in [6, 6.07) is 10.4. The fraction of sp³-hybridized carbons (Fsp3) is 0. The van der Waals surface area contributed by atoms with Crippen molar-refractivity contribution in [3.05, 3.63) is 52.6 Å². The van der Waals surface area contributed by atoms with Gasteiger partial charge >= 0.3 is 0 Å². The van der Waals surface area contributed by atoms with E-state index in [-0.39, 0.29) is 5.75 Å². The molecule has 94 valence electrons. The van der Waals surface area contributed by atoms with Crippen LogP contribution in [0.3, 0.4) is 0 Å². The Hall–Kier alpha value is -1.84. The Bertz CT molecular complexity index is 774. The van der Waals surface area contributed by atoms with Crippen molar-refractivity contribution in [3.63, 3.8) is 0 Å². The summed E-state index contributed by atoms with van der Waals surface area (Å²) < 4.78 is 0. The van der Waals surface area contributed by atoms with Gasteiger partial charge in [0.2, 0.25) is 0 Å². The lowest BCUT2D eigenvalue weighted by atomic mass is 10.2. The predicted octanol–water partition coefficient (Wildman–Crippen LogP) is 4.31. The highest BCUT2D eigenvalue weighted by molar-refractivity contribution is 6.42. The average Bonchev–Trinajstić information content (AvgIpc) is 2.42. The molecule has 0 unspecified atom stereocenters. The molecule has 0 radical (unpaired) electrons. The number of fused-ring (bicyclic) bond motifs is 1. The van der Waals surface area contributed by atoms with Crippen LogP contribution in [0.1, 0.15) is 0 Å². The Morgan fingerprint density at radius 3 is 2.63 bits per heavy atom. The first-order valence-electron chi connectivity index (χ1n) is 5.55. The lowest BCUT2D eigenvalue weighted by molar-refractivity contribution is 0.481. The number of phenolic OH excluding ortho intramolecular Hbond substituents is 1. The van der Waals surface area contributed by atoms with Crippen molar-refractivity contribution in [1.29, 1.82) is 0 Å². The maximum Gasteiger partial charge on any atom is 0.159 e. The molecule has 0 aliphatic heterocycles. The third kappa shape index (κ3) is 2.23. The Kier molecular flexibility index (Phi) is 3.01. The van der Waals surface area contributed by atoms with E-state index in [1.54, 1.807) is 36.5 Å². The van der Waals surface area contributed by atoms with Gasteiger partial charge in [-0.3, -0.25) is 0 Å². The normalized spacial score (nSPS) is 10.8. The van der Waals surface area contributed by atoms with E-state index in [1.165, 1.54) is 0 Å². The van der Waals surface area contributed by atoms with Gasteiger partial charge in [-0.1, -0.05) is 29.3 Å². The van der Waals surface area contributed by atoms with E-state index in [4.69, 9.17) is 23.2 Å². The van der Waals surface area contributed by atoms with E-state index >= 15 is 0 Å². The molecular formula is C14H8Cl2N2O. The minimum Gasteiger partial charge on any atom is -0.507 e. The number of rotatable bonds is 1. The molecule has 0 amide bonds. The fourth-order valence-corrected chi connectivity index (χ4v) is 2.11. The van der Waals surface area contributed by atoms with E-state index < -0.39 is 0 Å². The van der Waals surface area contributed by atoms with Gasteiger partial charge in [0.05, 0.1) is 20.9 Å². The van der Waals surface area contributed by atoms with E-state index in [0.717, 1.165) is 5.56 Å². The van der Waals surface area contributed by atoms with Crippen molar-refractivity contribution < 1.29 is 5.11 Å². The van der Waals surface area contributed by atoms with Crippen LogP contribution >= 0.6 is 23.2 Å². The molecule has 2 aromatic carbocycles. The van der Waals surface area contributed by atoms with Crippen LogP contribution in [-0.2, 0) is 0 Å². The number of aromatic hydroxyl groups is 1. The molecule has 3 nitrogen and oxygen atoms in total. The predicted molar refractivity (Wildman–Crippen MR) is 76.7 cm³/mol. The van der Waals surface area contributed by atoms with Gasteiger partial charge in [-0.05, 0) is 30.3 Å². The zero-order valence-electron chi connectivity index (χ0n) is 9.64. The molecule has 3 rings (SSSR count). The maximum absolute atomic E-state index is 9.69. The third-order valence-electron chi connectivity index (χ3n) is 2.78. The summed E-state index contributed by atoms with van der Waals surface area (Å²) in [5.41, 5.74) is 1.45. The van der Waals surface area contributed by atoms with Crippen LogP contribution in [0.15, 0.2) is 42.6 Å². The van der Waals surface area contributed by atoms with Gasteiger partial charge < -0.3 is 5.11 Å². The van der Waals surface area contributed by atoms with Crippen LogP contribution < -0.4 is 0 Å². The summed E-state index contributed by atoms with van der Waals surface area (Å²) in [6.45, 7) is 0. The van der Waals surface area contributed by atoms with E-state index in [2.05, 4.69) is 9.97 Å². The highest BCUT2D eigenvalue weighted by Crippen LogP contribution is 2.28. The Labute approximate surface area is 119 Å². The SMILES string of the molecule is Oc1cccc2nc(-c3ccc(Cl)c(Cl)c3)ncc12. The van der Waals surface area contributed by atoms with Gasteiger partial charge in [-0.2, -0.15) is 0 Å². The number of hydrogen-bond donors (Lipinski definition) is 1. The molecule has 1 aromatic heterocycles. The molecule has 0 saturated heterocycles. The summed E-state index contributed by atoms with van der Waals surface area (Å²) in [4.78, 5) is 8.64. The molecule has 5 heteroatoms. The van der Waals surface area contributed by atoms with Crippen LogP contribution in [0.5, 0.6) is 5.75 Å². The number of nitrogens with zero attached hydrogens (tertiary/aromatic N) is 2. The Morgan fingerprint density at radius 2 is 1.84 bits per heavy atom. The lowest BCUT2D eigenvalue weighted by Gasteiger charge is -2.04. The third-order valence-corrected chi connectivity index (χ3v) is 3.52. The van der Waals surface area contributed by atoms with Gasteiger partial charge in [-0.15, -0.1) is 0 Å². The van der Waals surface area contributed by atoms with Gasteiger partial charge in [0.15, 0.2) is 5.82 Å². The van der Waals surface area contributed by atoms with Gasteiger partial charge in [0.25, 0.3) is 0 Å².